The number of aromatic nitrogens is 3. The van der Waals surface area contributed by atoms with Crippen molar-refractivity contribution in [2.45, 2.75) is 19.4 Å². The first-order chi connectivity index (χ1) is 9.58. The molecule has 0 saturated carbocycles. The number of nitrogens with two attached hydrogens (primary N) is 1. The molecule has 8 heteroatoms. The number of anilines is 3. The number of thiophene rings is 1. The molecule has 2 aromatic rings. The number of nitrogen functional groups attached to an aromatic ring is 1. The van der Waals surface area contributed by atoms with Crippen molar-refractivity contribution in [3.63, 3.8) is 0 Å². The maximum atomic E-state index is 5.38. The van der Waals surface area contributed by atoms with E-state index in [4.69, 9.17) is 5.84 Å². The summed E-state index contributed by atoms with van der Waals surface area (Å²) in [6.45, 7) is 2.09. The molecule has 0 fully saturated rings. The molecule has 0 bridgehead atoms. The highest BCUT2D eigenvalue weighted by Crippen LogP contribution is 2.15. The lowest BCUT2D eigenvalue weighted by atomic mass is 10.2. The number of hydrogen-bond acceptors (Lipinski definition) is 8. The van der Waals surface area contributed by atoms with Crippen LogP contribution in [-0.4, -0.2) is 35.1 Å². The van der Waals surface area contributed by atoms with E-state index in [1.54, 1.807) is 16.2 Å². The summed E-state index contributed by atoms with van der Waals surface area (Å²) >= 11 is 1.74. The van der Waals surface area contributed by atoms with Crippen LogP contribution in [-0.2, 0) is 6.42 Å². The molecule has 108 valence electrons. The smallest absolute Gasteiger partial charge is 0.243 e. The highest BCUT2D eigenvalue weighted by atomic mass is 32.1. The predicted molar refractivity (Wildman–Crippen MR) is 83.1 cm³/mol. The molecule has 2 aromatic heterocycles. The molecule has 20 heavy (non-hydrogen) atoms. The highest BCUT2D eigenvalue weighted by Gasteiger charge is 2.10. The van der Waals surface area contributed by atoms with Crippen LogP contribution in [0.5, 0.6) is 0 Å². The van der Waals surface area contributed by atoms with Gasteiger partial charge in [0.15, 0.2) is 0 Å². The van der Waals surface area contributed by atoms with E-state index in [2.05, 4.69) is 50.1 Å². The van der Waals surface area contributed by atoms with E-state index >= 15 is 0 Å². The van der Waals surface area contributed by atoms with Crippen molar-refractivity contribution in [2.24, 2.45) is 5.84 Å². The van der Waals surface area contributed by atoms with Gasteiger partial charge in [0, 0.05) is 31.4 Å². The average molecular weight is 293 g/mol. The second-order valence-electron chi connectivity index (χ2n) is 4.65. The largest absolute Gasteiger partial charge is 0.351 e. The summed E-state index contributed by atoms with van der Waals surface area (Å²) in [5, 5.41) is 5.35. The quantitative estimate of drug-likeness (QED) is 0.546. The van der Waals surface area contributed by atoms with E-state index in [-0.39, 0.29) is 6.04 Å². The molecule has 0 aliphatic carbocycles. The van der Waals surface area contributed by atoms with Gasteiger partial charge >= 0.3 is 0 Å². The molecule has 0 aliphatic heterocycles. The first-order valence-electron chi connectivity index (χ1n) is 6.27. The Bertz CT molecular complexity index is 541. The molecular formula is C12H19N7S. The standard InChI is InChI=1S/C12H19N7S/c1-8(7-9-5-4-6-20-9)14-10-15-11(18-13)17-12(16-10)19(2)3/h4-6,8H,7,13H2,1-3H3,(H2,14,15,16,17,18). The summed E-state index contributed by atoms with van der Waals surface area (Å²) in [6.07, 6.45) is 0.923. The fraction of sp³-hybridized carbons (Fsp3) is 0.417. The topological polar surface area (TPSA) is 92.0 Å². The molecule has 1 unspecified atom stereocenters. The van der Waals surface area contributed by atoms with Crippen LogP contribution < -0.4 is 21.5 Å². The minimum absolute atomic E-state index is 0.219. The number of nitrogens with one attached hydrogen (secondary N) is 2. The van der Waals surface area contributed by atoms with Crippen LogP contribution in [0.1, 0.15) is 11.8 Å². The van der Waals surface area contributed by atoms with Crippen LogP contribution in [0, 0.1) is 0 Å². The van der Waals surface area contributed by atoms with E-state index < -0.39 is 0 Å². The van der Waals surface area contributed by atoms with Gasteiger partial charge in [0.2, 0.25) is 17.8 Å². The average Bonchev–Trinajstić information content (AvgIpc) is 2.90. The summed E-state index contributed by atoms with van der Waals surface area (Å²) in [5.74, 6) is 6.79. The maximum Gasteiger partial charge on any atom is 0.243 e. The lowest BCUT2D eigenvalue weighted by molar-refractivity contribution is 0.782. The lowest BCUT2D eigenvalue weighted by Crippen LogP contribution is -2.23. The SMILES string of the molecule is CC(Cc1cccs1)Nc1nc(NN)nc(N(C)C)n1. The Kier molecular flexibility index (Phi) is 4.70. The minimum Gasteiger partial charge on any atom is -0.351 e. The molecule has 2 rings (SSSR count). The number of hydrogen-bond donors (Lipinski definition) is 3. The number of hydrazine groups is 1. The Hall–Kier alpha value is -1.93. The van der Waals surface area contributed by atoms with Gasteiger partial charge in [0.1, 0.15) is 0 Å². The third-order valence-corrected chi connectivity index (χ3v) is 3.51. The van der Waals surface area contributed by atoms with Gasteiger partial charge in [-0.1, -0.05) is 6.07 Å². The van der Waals surface area contributed by atoms with Crippen molar-refractivity contribution in [1.82, 2.24) is 15.0 Å². The normalized spacial score (nSPS) is 12.0. The van der Waals surface area contributed by atoms with Crippen molar-refractivity contribution in [3.8, 4) is 0 Å². The van der Waals surface area contributed by atoms with Gasteiger partial charge in [0.25, 0.3) is 0 Å². The summed E-state index contributed by atoms with van der Waals surface area (Å²) < 4.78 is 0. The summed E-state index contributed by atoms with van der Waals surface area (Å²) in [5.41, 5.74) is 2.45. The molecule has 0 radical (unpaired) electrons. The molecule has 7 nitrogen and oxygen atoms in total. The van der Waals surface area contributed by atoms with Gasteiger partial charge in [-0.15, -0.1) is 11.3 Å². The van der Waals surface area contributed by atoms with Crippen LogP contribution in [0.25, 0.3) is 0 Å². The van der Waals surface area contributed by atoms with Crippen LogP contribution >= 0.6 is 11.3 Å². The zero-order chi connectivity index (χ0) is 14.5. The third-order valence-electron chi connectivity index (χ3n) is 2.62. The fourth-order valence-electron chi connectivity index (χ4n) is 1.70. The molecule has 4 N–H and O–H groups in total. The minimum atomic E-state index is 0.219. The molecule has 0 saturated heterocycles. The van der Waals surface area contributed by atoms with Gasteiger partial charge in [-0.2, -0.15) is 15.0 Å². The van der Waals surface area contributed by atoms with Crippen molar-refractivity contribution >= 4 is 29.2 Å². The number of rotatable bonds is 6. The highest BCUT2D eigenvalue weighted by molar-refractivity contribution is 7.09. The summed E-state index contributed by atoms with van der Waals surface area (Å²) in [4.78, 5) is 15.9. The second kappa shape index (κ2) is 6.49. The zero-order valence-corrected chi connectivity index (χ0v) is 12.6. The van der Waals surface area contributed by atoms with Crippen LogP contribution in [0.4, 0.5) is 17.8 Å². The lowest BCUT2D eigenvalue weighted by Gasteiger charge is -2.16. The third kappa shape index (κ3) is 3.78. The molecule has 2 heterocycles. The monoisotopic (exact) mass is 293 g/mol. The van der Waals surface area contributed by atoms with Gasteiger partial charge in [-0.3, -0.25) is 5.43 Å². The Morgan fingerprint density at radius 1 is 1.30 bits per heavy atom. The van der Waals surface area contributed by atoms with E-state index in [9.17, 15) is 0 Å². The van der Waals surface area contributed by atoms with E-state index in [0.717, 1.165) is 6.42 Å². The van der Waals surface area contributed by atoms with E-state index in [1.165, 1.54) is 4.88 Å². The van der Waals surface area contributed by atoms with Gasteiger partial charge in [0.05, 0.1) is 0 Å². The Balaban J connectivity index is 2.09. The second-order valence-corrected chi connectivity index (χ2v) is 5.68. The van der Waals surface area contributed by atoms with Gasteiger partial charge in [-0.25, -0.2) is 5.84 Å². The summed E-state index contributed by atoms with van der Waals surface area (Å²) in [7, 11) is 3.74. The molecule has 0 aliphatic rings. The van der Waals surface area contributed by atoms with Crippen molar-refractivity contribution in [3.05, 3.63) is 22.4 Å². The maximum absolute atomic E-state index is 5.38. The van der Waals surface area contributed by atoms with Crippen molar-refractivity contribution < 1.29 is 0 Å². The van der Waals surface area contributed by atoms with Crippen LogP contribution in [0.2, 0.25) is 0 Å². The zero-order valence-electron chi connectivity index (χ0n) is 11.8. The van der Waals surface area contributed by atoms with Crippen LogP contribution in [0.15, 0.2) is 17.5 Å². The van der Waals surface area contributed by atoms with E-state index in [1.807, 2.05) is 14.1 Å². The Morgan fingerprint density at radius 3 is 2.65 bits per heavy atom. The Morgan fingerprint density at radius 2 is 2.05 bits per heavy atom. The van der Waals surface area contributed by atoms with Gasteiger partial charge in [-0.05, 0) is 18.4 Å². The molecule has 0 spiro atoms. The number of nitrogens with zero attached hydrogens (tertiary/aromatic N) is 4. The first-order valence-corrected chi connectivity index (χ1v) is 7.15. The molecule has 1 atom stereocenters. The van der Waals surface area contributed by atoms with Crippen molar-refractivity contribution in [1.29, 1.82) is 0 Å². The fourth-order valence-corrected chi connectivity index (χ4v) is 2.53. The van der Waals surface area contributed by atoms with Gasteiger partial charge < -0.3 is 10.2 Å². The van der Waals surface area contributed by atoms with Crippen molar-refractivity contribution in [2.75, 3.05) is 29.7 Å². The molecule has 0 aromatic carbocycles. The first kappa shape index (κ1) is 14.5. The molecular weight excluding hydrogens is 274 g/mol. The summed E-state index contributed by atoms with van der Waals surface area (Å²) in [6, 6.07) is 4.39. The van der Waals surface area contributed by atoms with E-state index in [0.29, 0.717) is 17.8 Å². The van der Waals surface area contributed by atoms with Crippen LogP contribution in [0.3, 0.4) is 0 Å². The Labute approximate surface area is 122 Å². The molecule has 0 amide bonds. The predicted octanol–water partition coefficient (Wildman–Crippen LogP) is 1.33.